The number of nitrogens with zero attached hydrogens (tertiary/aromatic N) is 5. The van der Waals surface area contributed by atoms with Gasteiger partial charge in [0.05, 0.1) is 47.8 Å². The molecule has 1 N–H and O–H groups in total. The van der Waals surface area contributed by atoms with Crippen LogP contribution < -0.4 is 4.74 Å². The van der Waals surface area contributed by atoms with Crippen molar-refractivity contribution in [2.24, 2.45) is 0 Å². The number of rotatable bonds is 4. The maximum atomic E-state index is 13.8. The number of hydrogen-bond donors (Lipinski definition) is 1. The molecule has 0 unspecified atom stereocenters. The Labute approximate surface area is 183 Å². The van der Waals surface area contributed by atoms with Crippen LogP contribution in [0.4, 0.5) is 0 Å². The van der Waals surface area contributed by atoms with Gasteiger partial charge >= 0.3 is 0 Å². The molecular weight excluding hydrogens is 416 g/mol. The van der Waals surface area contributed by atoms with E-state index in [0.29, 0.717) is 16.3 Å². The quantitative estimate of drug-likeness (QED) is 0.518. The number of aromatic amines is 1. The van der Waals surface area contributed by atoms with Gasteiger partial charge in [-0.25, -0.2) is 4.98 Å². The maximum Gasteiger partial charge on any atom is 0.257 e. The van der Waals surface area contributed by atoms with Crippen molar-refractivity contribution < 1.29 is 9.53 Å². The fourth-order valence-electron chi connectivity index (χ4n) is 4.22. The van der Waals surface area contributed by atoms with E-state index in [1.165, 1.54) is 4.80 Å². The number of nitrogens with one attached hydrogen (secondary N) is 1. The monoisotopic (exact) mass is 436 g/mol. The molecule has 0 aliphatic carbocycles. The molecule has 4 aromatic rings. The highest BCUT2D eigenvalue weighted by atomic mass is 35.5. The summed E-state index contributed by atoms with van der Waals surface area (Å²) in [6, 6.07) is 10.8. The number of aromatic nitrogens is 5. The van der Waals surface area contributed by atoms with Gasteiger partial charge in [-0.2, -0.15) is 15.0 Å². The smallest absolute Gasteiger partial charge is 0.257 e. The molecule has 31 heavy (non-hydrogen) atoms. The summed E-state index contributed by atoms with van der Waals surface area (Å²) < 4.78 is 5.31. The van der Waals surface area contributed by atoms with Crippen LogP contribution in [0.5, 0.6) is 5.75 Å². The molecule has 2 aromatic carbocycles. The zero-order chi connectivity index (χ0) is 21.5. The van der Waals surface area contributed by atoms with Gasteiger partial charge in [0.1, 0.15) is 11.6 Å². The van der Waals surface area contributed by atoms with Crippen LogP contribution in [-0.4, -0.2) is 48.9 Å². The molecule has 1 saturated heterocycles. The Morgan fingerprint density at radius 3 is 2.74 bits per heavy atom. The number of hydrogen-bond acceptors (Lipinski definition) is 5. The van der Waals surface area contributed by atoms with Gasteiger partial charge in [0.25, 0.3) is 5.91 Å². The molecule has 0 radical (unpaired) electrons. The standard InChI is InChI=1S/C22H21ClN6O2/c1-13-3-7-20(21-26-17-6-5-15(31-2)12-18(17)27-21)28(13)22(30)16-11-14(23)4-8-19(16)29-24-9-10-25-29/h4-6,8-13,20H,3,7H2,1-2H3,(H,26,27)/t13-,20+/m1/s1. The van der Waals surface area contributed by atoms with Gasteiger partial charge in [0.15, 0.2) is 0 Å². The number of methoxy groups -OCH3 is 1. The number of ether oxygens (including phenoxy) is 1. The molecule has 0 bridgehead atoms. The van der Waals surface area contributed by atoms with Crippen molar-refractivity contribution in [1.82, 2.24) is 29.9 Å². The molecule has 0 saturated carbocycles. The molecule has 1 amide bonds. The summed E-state index contributed by atoms with van der Waals surface area (Å²) in [6.45, 7) is 2.06. The summed E-state index contributed by atoms with van der Waals surface area (Å²) in [4.78, 5) is 25.2. The largest absolute Gasteiger partial charge is 0.497 e. The number of H-pyrrole nitrogens is 1. The van der Waals surface area contributed by atoms with Crippen molar-refractivity contribution in [3.05, 3.63) is 65.2 Å². The normalized spacial score (nSPS) is 18.6. The third kappa shape index (κ3) is 3.42. The minimum absolute atomic E-state index is 0.0534. The van der Waals surface area contributed by atoms with Crippen LogP contribution in [-0.2, 0) is 0 Å². The molecule has 8 nitrogen and oxygen atoms in total. The van der Waals surface area contributed by atoms with E-state index in [9.17, 15) is 4.79 Å². The molecule has 1 fully saturated rings. The van der Waals surface area contributed by atoms with Crippen molar-refractivity contribution in [2.45, 2.75) is 31.8 Å². The van der Waals surface area contributed by atoms with Crippen LogP contribution in [0.1, 0.15) is 42.0 Å². The summed E-state index contributed by atoms with van der Waals surface area (Å²) >= 11 is 6.25. The van der Waals surface area contributed by atoms with Gasteiger partial charge in [-0.05, 0) is 50.1 Å². The second-order valence-corrected chi connectivity index (χ2v) is 8.08. The topological polar surface area (TPSA) is 88.9 Å². The Bertz CT molecular complexity index is 1250. The predicted molar refractivity (Wildman–Crippen MR) is 117 cm³/mol. The first-order valence-electron chi connectivity index (χ1n) is 10.1. The Morgan fingerprint density at radius 1 is 1.16 bits per heavy atom. The second-order valence-electron chi connectivity index (χ2n) is 7.64. The zero-order valence-corrected chi connectivity index (χ0v) is 17.9. The van der Waals surface area contributed by atoms with Gasteiger partial charge in [0, 0.05) is 17.1 Å². The van der Waals surface area contributed by atoms with Crippen molar-refractivity contribution in [3.63, 3.8) is 0 Å². The summed E-state index contributed by atoms with van der Waals surface area (Å²) in [5.74, 6) is 1.39. The SMILES string of the molecule is COc1ccc2[nH]c([C@@H]3CC[C@@H](C)N3C(=O)c3cc(Cl)ccc3-n3nccn3)nc2c1. The van der Waals surface area contributed by atoms with Crippen molar-refractivity contribution in [3.8, 4) is 11.4 Å². The first-order chi connectivity index (χ1) is 15.0. The fourth-order valence-corrected chi connectivity index (χ4v) is 4.39. The zero-order valence-electron chi connectivity index (χ0n) is 17.1. The molecule has 158 valence electrons. The van der Waals surface area contributed by atoms with Gasteiger partial charge in [-0.1, -0.05) is 11.6 Å². The van der Waals surface area contributed by atoms with E-state index < -0.39 is 0 Å². The highest BCUT2D eigenvalue weighted by molar-refractivity contribution is 6.31. The third-order valence-electron chi connectivity index (χ3n) is 5.75. The summed E-state index contributed by atoms with van der Waals surface area (Å²) in [6.07, 6.45) is 4.85. The van der Waals surface area contributed by atoms with Crippen LogP contribution in [0.15, 0.2) is 48.8 Å². The van der Waals surface area contributed by atoms with E-state index in [1.807, 2.05) is 23.1 Å². The van der Waals surface area contributed by atoms with E-state index in [0.717, 1.165) is 35.4 Å². The lowest BCUT2D eigenvalue weighted by molar-refractivity contribution is 0.0672. The number of amides is 1. The highest BCUT2D eigenvalue weighted by Crippen LogP contribution is 2.38. The van der Waals surface area contributed by atoms with Crippen LogP contribution in [0.2, 0.25) is 5.02 Å². The van der Waals surface area contributed by atoms with Gasteiger partial charge in [-0.15, -0.1) is 0 Å². The van der Waals surface area contributed by atoms with Gasteiger partial charge < -0.3 is 14.6 Å². The molecule has 3 heterocycles. The van der Waals surface area contributed by atoms with Gasteiger partial charge in [0.2, 0.25) is 0 Å². The molecular formula is C22H21ClN6O2. The predicted octanol–water partition coefficient (Wildman–Crippen LogP) is 4.17. The number of benzene rings is 2. The number of carbonyl (C=O) groups excluding carboxylic acids is 1. The second kappa shape index (κ2) is 7.70. The first-order valence-corrected chi connectivity index (χ1v) is 10.5. The molecule has 9 heteroatoms. The van der Waals surface area contributed by atoms with Gasteiger partial charge in [-0.3, -0.25) is 4.79 Å². The van der Waals surface area contributed by atoms with Crippen LogP contribution in [0.25, 0.3) is 16.7 Å². The number of likely N-dealkylation sites (tertiary alicyclic amines) is 1. The Balaban J connectivity index is 1.55. The fraction of sp³-hybridized carbons (Fsp3) is 0.273. The molecule has 1 aliphatic rings. The van der Waals surface area contributed by atoms with E-state index >= 15 is 0 Å². The maximum absolute atomic E-state index is 13.8. The molecule has 2 atom stereocenters. The lowest BCUT2D eigenvalue weighted by Gasteiger charge is -2.28. The first kappa shape index (κ1) is 19.6. The minimum Gasteiger partial charge on any atom is -0.497 e. The summed E-state index contributed by atoms with van der Waals surface area (Å²) in [5, 5.41) is 8.86. The number of halogens is 1. The highest BCUT2D eigenvalue weighted by Gasteiger charge is 2.38. The van der Waals surface area contributed by atoms with Crippen molar-refractivity contribution in [1.29, 1.82) is 0 Å². The Hall–Kier alpha value is -3.39. The third-order valence-corrected chi connectivity index (χ3v) is 5.99. The molecule has 5 rings (SSSR count). The van der Waals surface area contributed by atoms with Crippen molar-refractivity contribution >= 4 is 28.5 Å². The lowest BCUT2D eigenvalue weighted by atomic mass is 10.1. The Morgan fingerprint density at radius 2 is 1.97 bits per heavy atom. The average molecular weight is 437 g/mol. The van der Waals surface area contributed by atoms with Crippen LogP contribution >= 0.6 is 11.6 Å². The lowest BCUT2D eigenvalue weighted by Crippen LogP contribution is -2.36. The summed E-state index contributed by atoms with van der Waals surface area (Å²) in [5.41, 5.74) is 2.77. The minimum atomic E-state index is -0.168. The number of carbonyl (C=O) groups is 1. The van der Waals surface area contributed by atoms with Crippen molar-refractivity contribution in [2.75, 3.05) is 7.11 Å². The number of imidazole rings is 1. The molecule has 1 aliphatic heterocycles. The number of fused-ring (bicyclic) bond motifs is 1. The van der Waals surface area contributed by atoms with Crippen LogP contribution in [0.3, 0.4) is 0 Å². The van der Waals surface area contributed by atoms with E-state index in [4.69, 9.17) is 21.3 Å². The van der Waals surface area contributed by atoms with Crippen LogP contribution in [0, 0.1) is 0 Å². The summed E-state index contributed by atoms with van der Waals surface area (Å²) in [7, 11) is 1.63. The molecule has 2 aromatic heterocycles. The van der Waals surface area contributed by atoms with E-state index in [1.54, 1.807) is 37.7 Å². The average Bonchev–Trinajstić information content (AvgIpc) is 3.52. The van der Waals surface area contributed by atoms with E-state index in [2.05, 4.69) is 22.1 Å². The van der Waals surface area contributed by atoms with E-state index in [-0.39, 0.29) is 18.0 Å². The Kier molecular flexibility index (Phi) is 4.86. The molecule has 0 spiro atoms.